The fraction of sp³-hybridized carbons (Fsp3) is 0.438. The number of amides is 1. The maximum Gasteiger partial charge on any atom is 0.330 e. The Kier molecular flexibility index (Phi) is 5.34. The molecule has 0 radical (unpaired) electrons. The van der Waals surface area contributed by atoms with Gasteiger partial charge in [0.1, 0.15) is 11.1 Å². The number of nitrogens with zero attached hydrogens (tertiary/aromatic N) is 1. The Morgan fingerprint density at radius 3 is 3.00 bits per heavy atom. The predicted octanol–water partition coefficient (Wildman–Crippen LogP) is 2.80. The van der Waals surface area contributed by atoms with Gasteiger partial charge >= 0.3 is 5.97 Å². The number of rotatable bonds is 4. The summed E-state index contributed by atoms with van der Waals surface area (Å²) in [5.74, 6) is -0.388. The lowest BCUT2D eigenvalue weighted by Gasteiger charge is -2.17. The third-order valence-corrected chi connectivity index (χ3v) is 4.69. The van der Waals surface area contributed by atoms with Crippen LogP contribution < -0.4 is 5.32 Å². The lowest BCUT2D eigenvalue weighted by molar-refractivity contribution is -0.142. The Bertz CT molecular complexity index is 655. The molecule has 6 heteroatoms. The molecule has 1 heterocycles. The number of hydrogen-bond donors (Lipinski definition) is 1. The molecule has 0 unspecified atom stereocenters. The van der Waals surface area contributed by atoms with Crippen LogP contribution in [0, 0.1) is 17.2 Å². The maximum atomic E-state index is 11.9. The molecule has 1 aliphatic rings. The minimum absolute atomic E-state index is 0.354. The van der Waals surface area contributed by atoms with Gasteiger partial charge in [0.2, 0.25) is 0 Å². The number of hydrogen-bond acceptors (Lipinski definition) is 5. The van der Waals surface area contributed by atoms with Crippen LogP contribution in [0.2, 0.25) is 0 Å². The van der Waals surface area contributed by atoms with Crippen LogP contribution in [0.1, 0.15) is 36.3 Å². The Morgan fingerprint density at radius 1 is 1.55 bits per heavy atom. The molecule has 1 aliphatic carbocycles. The van der Waals surface area contributed by atoms with Gasteiger partial charge in [-0.2, -0.15) is 5.26 Å². The van der Waals surface area contributed by atoms with Crippen molar-refractivity contribution in [2.75, 3.05) is 11.9 Å². The largest absolute Gasteiger partial charge is 0.452 e. The van der Waals surface area contributed by atoms with Crippen LogP contribution in [-0.2, 0) is 27.2 Å². The fourth-order valence-electron chi connectivity index (χ4n) is 2.44. The second kappa shape index (κ2) is 7.23. The summed E-state index contributed by atoms with van der Waals surface area (Å²) in [4.78, 5) is 24.2. The molecule has 2 rings (SSSR count). The van der Waals surface area contributed by atoms with E-state index in [4.69, 9.17) is 4.74 Å². The molecule has 0 spiro atoms. The smallest absolute Gasteiger partial charge is 0.330 e. The van der Waals surface area contributed by atoms with Crippen LogP contribution in [0.15, 0.2) is 12.2 Å². The second-order valence-electron chi connectivity index (χ2n) is 5.32. The predicted molar refractivity (Wildman–Crippen MR) is 84.6 cm³/mol. The first kappa shape index (κ1) is 16.2. The van der Waals surface area contributed by atoms with E-state index in [9.17, 15) is 14.9 Å². The summed E-state index contributed by atoms with van der Waals surface area (Å²) in [6.45, 7) is 3.53. The van der Waals surface area contributed by atoms with Crippen molar-refractivity contribution >= 4 is 28.2 Å². The van der Waals surface area contributed by atoms with Crippen LogP contribution in [0.5, 0.6) is 0 Å². The highest BCUT2D eigenvalue weighted by atomic mass is 32.1. The van der Waals surface area contributed by atoms with Gasteiger partial charge in [0, 0.05) is 11.0 Å². The minimum Gasteiger partial charge on any atom is -0.452 e. The summed E-state index contributed by atoms with van der Waals surface area (Å²) >= 11 is 1.45. The lowest BCUT2D eigenvalue weighted by atomic mass is 9.89. The highest BCUT2D eigenvalue weighted by molar-refractivity contribution is 7.16. The third-order valence-electron chi connectivity index (χ3n) is 3.52. The molecule has 5 nitrogen and oxygen atoms in total. The van der Waals surface area contributed by atoms with Crippen LogP contribution in [0.3, 0.4) is 0 Å². The summed E-state index contributed by atoms with van der Waals surface area (Å²) in [7, 11) is 0. The third kappa shape index (κ3) is 3.74. The molecule has 1 aromatic heterocycles. The number of nitrogens with one attached hydrogen (secondary N) is 1. The highest BCUT2D eigenvalue weighted by Gasteiger charge is 2.24. The van der Waals surface area contributed by atoms with E-state index in [1.165, 1.54) is 22.3 Å². The monoisotopic (exact) mass is 318 g/mol. The Balaban J connectivity index is 2.05. The van der Waals surface area contributed by atoms with Gasteiger partial charge in [0.15, 0.2) is 6.61 Å². The van der Waals surface area contributed by atoms with Crippen LogP contribution >= 0.6 is 11.3 Å². The van der Waals surface area contributed by atoms with Crippen molar-refractivity contribution in [3.8, 4) is 6.07 Å². The molecule has 0 saturated carbocycles. The SMILES string of the molecule is C/C=C/C(=O)OCC(=O)Nc1sc2c(c1C#N)CC[C@@H](C)C2. The molecule has 1 atom stereocenters. The lowest BCUT2D eigenvalue weighted by Crippen LogP contribution is -2.20. The van der Waals surface area contributed by atoms with Crippen molar-refractivity contribution in [3.05, 3.63) is 28.2 Å². The number of ether oxygens (including phenoxy) is 1. The van der Waals surface area contributed by atoms with E-state index in [0.717, 1.165) is 24.8 Å². The zero-order chi connectivity index (χ0) is 16.1. The molecule has 0 aromatic carbocycles. The van der Waals surface area contributed by atoms with Crippen molar-refractivity contribution < 1.29 is 14.3 Å². The summed E-state index contributed by atoms with van der Waals surface area (Å²) < 4.78 is 4.79. The number of fused-ring (bicyclic) bond motifs is 1. The van der Waals surface area contributed by atoms with Gasteiger partial charge in [0.05, 0.1) is 5.56 Å². The molecule has 1 amide bonds. The number of carbonyl (C=O) groups excluding carboxylic acids is 2. The number of thiophene rings is 1. The summed E-state index contributed by atoms with van der Waals surface area (Å²) in [6.07, 6.45) is 5.68. The minimum atomic E-state index is -0.558. The van der Waals surface area contributed by atoms with Crippen molar-refractivity contribution in [2.24, 2.45) is 5.92 Å². The fourth-order valence-corrected chi connectivity index (χ4v) is 3.82. The zero-order valence-corrected chi connectivity index (χ0v) is 13.5. The van der Waals surface area contributed by atoms with E-state index in [1.807, 2.05) is 0 Å². The van der Waals surface area contributed by atoms with Crippen molar-refractivity contribution in [1.82, 2.24) is 0 Å². The number of anilines is 1. The number of carbonyl (C=O) groups is 2. The molecule has 0 bridgehead atoms. The molecule has 0 fully saturated rings. The molecular weight excluding hydrogens is 300 g/mol. The summed E-state index contributed by atoms with van der Waals surface area (Å²) in [5, 5.41) is 12.6. The number of esters is 1. The van der Waals surface area contributed by atoms with Gasteiger partial charge in [-0.05, 0) is 37.7 Å². The van der Waals surface area contributed by atoms with Crippen LogP contribution in [-0.4, -0.2) is 18.5 Å². The molecule has 22 heavy (non-hydrogen) atoms. The van der Waals surface area contributed by atoms with Gasteiger partial charge in [0.25, 0.3) is 5.91 Å². The maximum absolute atomic E-state index is 11.9. The molecule has 116 valence electrons. The van der Waals surface area contributed by atoms with Crippen LogP contribution in [0.25, 0.3) is 0 Å². The van der Waals surface area contributed by atoms with Gasteiger partial charge in [-0.15, -0.1) is 11.3 Å². The van der Waals surface area contributed by atoms with Crippen molar-refractivity contribution in [1.29, 1.82) is 5.26 Å². The number of allylic oxidation sites excluding steroid dienone is 1. The van der Waals surface area contributed by atoms with Gasteiger partial charge in [-0.3, -0.25) is 4.79 Å². The summed E-state index contributed by atoms with van der Waals surface area (Å²) in [5.41, 5.74) is 1.62. The first-order valence-electron chi connectivity index (χ1n) is 7.19. The number of nitriles is 1. The second-order valence-corrected chi connectivity index (χ2v) is 6.43. The molecule has 0 saturated heterocycles. The average Bonchev–Trinajstić information content (AvgIpc) is 2.81. The van der Waals surface area contributed by atoms with E-state index >= 15 is 0 Å². The standard InChI is InChI=1S/C16H18N2O3S/c1-3-4-15(20)21-9-14(19)18-16-12(8-17)11-6-5-10(2)7-13(11)22-16/h3-4,10H,5-7,9H2,1-2H3,(H,18,19)/b4-3+/t10-/m1/s1. The van der Waals surface area contributed by atoms with Crippen LogP contribution in [0.4, 0.5) is 5.00 Å². The first-order chi connectivity index (χ1) is 10.5. The molecule has 1 N–H and O–H groups in total. The quantitative estimate of drug-likeness (QED) is 0.684. The van der Waals surface area contributed by atoms with Crippen molar-refractivity contribution in [2.45, 2.75) is 33.1 Å². The Morgan fingerprint density at radius 2 is 2.32 bits per heavy atom. The first-order valence-corrected chi connectivity index (χ1v) is 8.00. The molecule has 1 aromatic rings. The van der Waals surface area contributed by atoms with E-state index < -0.39 is 11.9 Å². The molecule has 0 aliphatic heterocycles. The normalized spacial score (nSPS) is 16.9. The Labute approximate surface area is 133 Å². The highest BCUT2D eigenvalue weighted by Crippen LogP contribution is 2.39. The topological polar surface area (TPSA) is 79.2 Å². The van der Waals surface area contributed by atoms with Gasteiger partial charge in [-0.1, -0.05) is 13.0 Å². The van der Waals surface area contributed by atoms with E-state index in [-0.39, 0.29) is 6.61 Å². The van der Waals surface area contributed by atoms with E-state index in [2.05, 4.69) is 18.3 Å². The van der Waals surface area contributed by atoms with E-state index in [0.29, 0.717) is 16.5 Å². The van der Waals surface area contributed by atoms with Gasteiger partial charge in [-0.25, -0.2) is 4.79 Å². The zero-order valence-electron chi connectivity index (χ0n) is 12.6. The Hall–Kier alpha value is -2.13. The molecular formula is C16H18N2O3S. The average molecular weight is 318 g/mol. The van der Waals surface area contributed by atoms with Gasteiger partial charge < -0.3 is 10.1 Å². The van der Waals surface area contributed by atoms with E-state index in [1.54, 1.807) is 13.0 Å². The summed E-state index contributed by atoms with van der Waals surface area (Å²) in [6, 6.07) is 2.19. The van der Waals surface area contributed by atoms with Crippen molar-refractivity contribution in [3.63, 3.8) is 0 Å².